The van der Waals surface area contributed by atoms with Crippen LogP contribution in [0.15, 0.2) is 29.6 Å². The Bertz CT molecular complexity index is 656. The summed E-state index contributed by atoms with van der Waals surface area (Å²) >= 11 is 23.5. The maximum absolute atomic E-state index is 9.76. The van der Waals surface area contributed by atoms with Crippen molar-refractivity contribution >= 4 is 58.3 Å². The number of hydrogen-bond acceptors (Lipinski definition) is 4. The maximum Gasteiger partial charge on any atom is 0.143 e. The molecule has 2 N–H and O–H groups in total. The van der Waals surface area contributed by atoms with E-state index in [-0.39, 0.29) is 10.8 Å². The van der Waals surface area contributed by atoms with E-state index in [0.29, 0.717) is 26.3 Å². The highest BCUT2D eigenvalue weighted by atomic mass is 35.5. The van der Waals surface area contributed by atoms with Crippen molar-refractivity contribution in [2.24, 2.45) is 5.10 Å². The molecular weight excluding hydrogens is 344 g/mol. The first-order valence-corrected chi connectivity index (χ1v) is 6.76. The number of aromatic hydroxyl groups is 1. The number of hydrogen-bond donors (Lipinski definition) is 2. The van der Waals surface area contributed by atoms with Gasteiger partial charge >= 0.3 is 0 Å². The fraction of sp³-hybridized carbons (Fsp3) is 0. The van der Waals surface area contributed by atoms with Crippen molar-refractivity contribution in [3.05, 3.63) is 50.2 Å². The third-order valence-corrected chi connectivity index (χ3v) is 3.37. The van der Waals surface area contributed by atoms with Gasteiger partial charge in [-0.05, 0) is 12.1 Å². The fourth-order valence-electron chi connectivity index (χ4n) is 1.37. The van der Waals surface area contributed by atoms with Gasteiger partial charge < -0.3 is 5.11 Å². The van der Waals surface area contributed by atoms with Crippen molar-refractivity contribution in [1.29, 1.82) is 0 Å². The normalized spacial score (nSPS) is 11.0. The number of aromatic nitrogens is 1. The van der Waals surface area contributed by atoms with Gasteiger partial charge in [0.05, 0.1) is 27.0 Å². The van der Waals surface area contributed by atoms with Crippen LogP contribution < -0.4 is 5.43 Å². The van der Waals surface area contributed by atoms with Crippen molar-refractivity contribution in [3.63, 3.8) is 0 Å². The average molecular weight is 351 g/mol. The lowest BCUT2D eigenvalue weighted by Crippen LogP contribution is -1.94. The summed E-state index contributed by atoms with van der Waals surface area (Å²) in [7, 11) is 0. The summed E-state index contributed by atoms with van der Waals surface area (Å²) in [5.74, 6) is -0.117. The minimum Gasteiger partial charge on any atom is -0.506 e. The molecule has 0 bridgehead atoms. The minimum absolute atomic E-state index is 0.117. The van der Waals surface area contributed by atoms with E-state index >= 15 is 0 Å². The van der Waals surface area contributed by atoms with E-state index in [4.69, 9.17) is 46.4 Å². The standard InChI is InChI=1S/C12H7Cl4N3O/c13-7-1-6(12(20)8(14)2-7)3-18-19-11-9(15)4-17-5-10(11)16/h1-5,20H,(H,17,19)/b18-3+. The molecule has 0 aliphatic carbocycles. The number of halogens is 4. The molecule has 0 radical (unpaired) electrons. The van der Waals surface area contributed by atoms with Crippen LogP contribution in [-0.4, -0.2) is 16.3 Å². The Hall–Kier alpha value is -1.20. The molecule has 20 heavy (non-hydrogen) atoms. The summed E-state index contributed by atoms with van der Waals surface area (Å²) in [5.41, 5.74) is 3.43. The van der Waals surface area contributed by atoms with E-state index < -0.39 is 0 Å². The number of rotatable bonds is 3. The zero-order chi connectivity index (χ0) is 14.7. The predicted molar refractivity (Wildman–Crippen MR) is 83.6 cm³/mol. The molecule has 0 aliphatic rings. The van der Waals surface area contributed by atoms with Crippen LogP contribution in [0, 0.1) is 0 Å². The topological polar surface area (TPSA) is 57.5 Å². The quantitative estimate of drug-likeness (QED) is 0.614. The highest BCUT2D eigenvalue weighted by Gasteiger charge is 2.07. The van der Waals surface area contributed by atoms with Crippen molar-refractivity contribution in [3.8, 4) is 5.75 Å². The third-order valence-electron chi connectivity index (χ3n) is 2.29. The highest BCUT2D eigenvalue weighted by Crippen LogP contribution is 2.31. The Kier molecular flexibility index (Phi) is 4.94. The van der Waals surface area contributed by atoms with Crippen LogP contribution >= 0.6 is 46.4 Å². The first kappa shape index (κ1) is 15.2. The molecule has 4 nitrogen and oxygen atoms in total. The van der Waals surface area contributed by atoms with E-state index in [1.807, 2.05) is 0 Å². The monoisotopic (exact) mass is 349 g/mol. The Morgan fingerprint density at radius 1 is 1.05 bits per heavy atom. The molecular formula is C12H7Cl4N3O. The number of hydrazone groups is 1. The van der Waals surface area contributed by atoms with Crippen LogP contribution in [0.5, 0.6) is 5.75 Å². The summed E-state index contributed by atoms with van der Waals surface area (Å²) < 4.78 is 0. The molecule has 1 heterocycles. The summed E-state index contributed by atoms with van der Waals surface area (Å²) in [6.45, 7) is 0. The van der Waals surface area contributed by atoms with Gasteiger partial charge in [0.2, 0.25) is 0 Å². The van der Waals surface area contributed by atoms with Crippen LogP contribution in [0.4, 0.5) is 5.69 Å². The molecule has 0 aliphatic heterocycles. The largest absolute Gasteiger partial charge is 0.506 e. The second-order valence-electron chi connectivity index (χ2n) is 3.67. The first-order chi connectivity index (χ1) is 9.49. The van der Waals surface area contributed by atoms with E-state index in [9.17, 15) is 5.11 Å². The predicted octanol–water partition coefficient (Wildman–Crippen LogP) is 4.85. The third kappa shape index (κ3) is 3.46. The number of nitrogens with zero attached hydrogens (tertiary/aromatic N) is 2. The summed E-state index contributed by atoms with van der Waals surface area (Å²) in [6.07, 6.45) is 4.21. The highest BCUT2D eigenvalue weighted by molar-refractivity contribution is 6.39. The lowest BCUT2D eigenvalue weighted by atomic mass is 10.2. The second kappa shape index (κ2) is 6.50. The van der Waals surface area contributed by atoms with Crippen LogP contribution in [0.2, 0.25) is 20.1 Å². The molecule has 2 aromatic rings. The van der Waals surface area contributed by atoms with E-state index in [1.54, 1.807) is 0 Å². The Morgan fingerprint density at radius 2 is 1.70 bits per heavy atom. The Balaban J connectivity index is 2.23. The van der Waals surface area contributed by atoms with Gasteiger partial charge in [0, 0.05) is 23.0 Å². The van der Waals surface area contributed by atoms with E-state index in [0.717, 1.165) is 0 Å². The molecule has 0 amide bonds. The van der Waals surface area contributed by atoms with Gasteiger partial charge in [0.1, 0.15) is 5.75 Å². The van der Waals surface area contributed by atoms with Gasteiger partial charge in [-0.2, -0.15) is 5.10 Å². The summed E-state index contributed by atoms with van der Waals surface area (Å²) in [6, 6.07) is 2.95. The molecule has 0 fully saturated rings. The lowest BCUT2D eigenvalue weighted by molar-refractivity contribution is 0.475. The number of benzene rings is 1. The molecule has 0 unspecified atom stereocenters. The molecule has 2 rings (SSSR count). The zero-order valence-corrected chi connectivity index (χ0v) is 12.8. The summed E-state index contributed by atoms with van der Waals surface area (Å²) in [4.78, 5) is 3.82. The van der Waals surface area contributed by atoms with E-state index in [2.05, 4.69) is 15.5 Å². The summed E-state index contributed by atoms with van der Waals surface area (Å²) in [5, 5.41) is 14.9. The number of nitrogens with one attached hydrogen (secondary N) is 1. The van der Waals surface area contributed by atoms with Gasteiger partial charge in [0.25, 0.3) is 0 Å². The van der Waals surface area contributed by atoms with Crippen LogP contribution in [0.3, 0.4) is 0 Å². The number of pyridine rings is 1. The first-order valence-electron chi connectivity index (χ1n) is 5.25. The SMILES string of the molecule is Oc1c(Cl)cc(Cl)cc1/C=N/Nc1c(Cl)cncc1Cl. The van der Waals surface area contributed by atoms with Crippen molar-refractivity contribution < 1.29 is 5.11 Å². The smallest absolute Gasteiger partial charge is 0.143 e. The van der Waals surface area contributed by atoms with Crippen LogP contribution in [-0.2, 0) is 0 Å². The molecule has 0 spiro atoms. The molecule has 0 saturated carbocycles. The minimum atomic E-state index is -0.117. The van der Waals surface area contributed by atoms with Gasteiger partial charge in [-0.1, -0.05) is 46.4 Å². The van der Waals surface area contributed by atoms with Gasteiger partial charge in [0.15, 0.2) is 0 Å². The van der Waals surface area contributed by atoms with Gasteiger partial charge in [-0.25, -0.2) is 0 Å². The average Bonchev–Trinajstić information content (AvgIpc) is 2.38. The number of phenols is 1. The molecule has 1 aromatic heterocycles. The molecule has 0 saturated heterocycles. The van der Waals surface area contributed by atoms with Gasteiger partial charge in [-0.15, -0.1) is 0 Å². The molecule has 104 valence electrons. The number of anilines is 1. The Labute approximate surface area is 134 Å². The molecule has 0 atom stereocenters. The Morgan fingerprint density at radius 3 is 2.35 bits per heavy atom. The van der Waals surface area contributed by atoms with Gasteiger partial charge in [-0.3, -0.25) is 10.4 Å². The molecule has 8 heteroatoms. The zero-order valence-electron chi connectivity index (χ0n) is 9.74. The number of phenolic OH excluding ortho intramolecular Hbond substituents is 1. The lowest BCUT2D eigenvalue weighted by Gasteiger charge is -2.05. The van der Waals surface area contributed by atoms with Crippen molar-refractivity contribution in [2.75, 3.05) is 5.43 Å². The van der Waals surface area contributed by atoms with Crippen LogP contribution in [0.1, 0.15) is 5.56 Å². The fourth-order valence-corrected chi connectivity index (χ4v) is 2.33. The van der Waals surface area contributed by atoms with Crippen molar-refractivity contribution in [1.82, 2.24) is 4.98 Å². The van der Waals surface area contributed by atoms with Crippen LogP contribution in [0.25, 0.3) is 0 Å². The second-order valence-corrected chi connectivity index (χ2v) is 5.33. The molecule has 1 aromatic carbocycles. The van der Waals surface area contributed by atoms with Crippen molar-refractivity contribution in [2.45, 2.75) is 0 Å². The maximum atomic E-state index is 9.76. The van der Waals surface area contributed by atoms with E-state index in [1.165, 1.54) is 30.7 Å².